The van der Waals surface area contributed by atoms with Crippen LogP contribution in [0.1, 0.15) is 29.2 Å². The van der Waals surface area contributed by atoms with Crippen LogP contribution in [-0.4, -0.2) is 63.3 Å². The lowest BCUT2D eigenvalue weighted by atomic mass is 10.1. The lowest BCUT2D eigenvalue weighted by molar-refractivity contribution is 0.0996. The molecule has 0 atom stereocenters. The number of nitrogens with one attached hydrogen (secondary N) is 1. The average molecular weight is 411 g/mol. The monoisotopic (exact) mass is 411 g/mol. The van der Waals surface area contributed by atoms with Crippen molar-refractivity contribution in [2.45, 2.75) is 19.0 Å². The van der Waals surface area contributed by atoms with Crippen LogP contribution in [0.5, 0.6) is 0 Å². The third-order valence-electron chi connectivity index (χ3n) is 5.80. The van der Waals surface area contributed by atoms with Gasteiger partial charge in [-0.15, -0.1) is 0 Å². The minimum Gasteiger partial charge on any atom is -0.440 e. The lowest BCUT2D eigenvalue weighted by Gasteiger charge is -2.36. The van der Waals surface area contributed by atoms with Crippen molar-refractivity contribution < 1.29 is 13.6 Å². The normalized spacial score (nSPS) is 18.3. The molecule has 1 N–H and O–H groups in total. The fraction of sp³-hybridized carbons (Fsp3) is 0.455. The van der Waals surface area contributed by atoms with Crippen LogP contribution in [0.25, 0.3) is 0 Å². The highest BCUT2D eigenvalue weighted by Gasteiger charge is 2.24. The second kappa shape index (κ2) is 8.76. The van der Waals surface area contributed by atoms with Gasteiger partial charge >= 0.3 is 0 Å². The Kier molecular flexibility index (Phi) is 5.91. The number of benzene rings is 1. The zero-order chi connectivity index (χ0) is 21.1. The summed E-state index contributed by atoms with van der Waals surface area (Å²) in [7, 11) is 2.12. The van der Waals surface area contributed by atoms with Crippen molar-refractivity contribution in [1.29, 1.82) is 5.26 Å². The highest BCUT2D eigenvalue weighted by molar-refractivity contribution is 6.04. The summed E-state index contributed by atoms with van der Waals surface area (Å²) in [5, 5.41) is 11.8. The van der Waals surface area contributed by atoms with Gasteiger partial charge in [0.25, 0.3) is 5.91 Å². The predicted octanol–water partition coefficient (Wildman–Crippen LogP) is 3.09. The van der Waals surface area contributed by atoms with E-state index in [2.05, 4.69) is 33.1 Å². The summed E-state index contributed by atoms with van der Waals surface area (Å²) in [5.74, 6) is -0.232. The highest BCUT2D eigenvalue weighted by Crippen LogP contribution is 2.34. The number of furan rings is 1. The van der Waals surface area contributed by atoms with Crippen molar-refractivity contribution in [3.8, 4) is 6.07 Å². The molecule has 0 spiro atoms. The molecule has 0 unspecified atom stereocenters. The van der Waals surface area contributed by atoms with E-state index in [4.69, 9.17) is 9.68 Å². The molecule has 158 valence electrons. The minimum absolute atomic E-state index is 0.0862. The molecule has 30 heavy (non-hydrogen) atoms. The van der Waals surface area contributed by atoms with E-state index in [-0.39, 0.29) is 11.5 Å². The molecular formula is C22H26FN5O2. The average Bonchev–Trinajstić information content (AvgIpc) is 3.25. The van der Waals surface area contributed by atoms with E-state index in [0.29, 0.717) is 31.6 Å². The molecule has 2 aromatic rings. The molecule has 0 aliphatic carbocycles. The van der Waals surface area contributed by atoms with Gasteiger partial charge in [-0.25, -0.2) is 4.39 Å². The Balaban J connectivity index is 1.59. The molecule has 2 saturated heterocycles. The topological polar surface area (TPSA) is 75.7 Å². The Morgan fingerprint density at radius 2 is 1.83 bits per heavy atom. The standard InChI is InChI=1S/C22H26FN5O2/c1-26-10-12-27(13-11-26)17-2-4-19(20(14-17)28-8-6-16(23)7-9-28)25-22(29)21-5-3-18(15-24)30-21/h2-5,14,16H,6-13H2,1H3,(H,25,29). The van der Waals surface area contributed by atoms with Gasteiger partial charge in [-0.05, 0) is 50.2 Å². The third-order valence-corrected chi connectivity index (χ3v) is 5.80. The molecule has 1 amide bonds. The fourth-order valence-corrected chi connectivity index (χ4v) is 3.94. The second-order valence-corrected chi connectivity index (χ2v) is 7.88. The van der Waals surface area contributed by atoms with Gasteiger partial charge in [0.1, 0.15) is 12.2 Å². The van der Waals surface area contributed by atoms with Crippen LogP contribution in [0.3, 0.4) is 0 Å². The van der Waals surface area contributed by atoms with E-state index in [0.717, 1.165) is 37.6 Å². The van der Waals surface area contributed by atoms with Gasteiger partial charge in [0.15, 0.2) is 5.76 Å². The molecule has 7 nitrogen and oxygen atoms in total. The van der Waals surface area contributed by atoms with E-state index < -0.39 is 12.1 Å². The van der Waals surface area contributed by atoms with Crippen LogP contribution in [0.15, 0.2) is 34.7 Å². The molecule has 2 fully saturated rings. The molecule has 1 aromatic heterocycles. The van der Waals surface area contributed by atoms with Gasteiger partial charge < -0.3 is 24.4 Å². The van der Waals surface area contributed by atoms with Crippen molar-refractivity contribution in [1.82, 2.24) is 4.90 Å². The summed E-state index contributed by atoms with van der Waals surface area (Å²) in [5.41, 5.74) is 2.65. The fourth-order valence-electron chi connectivity index (χ4n) is 3.94. The summed E-state index contributed by atoms with van der Waals surface area (Å²) >= 11 is 0. The van der Waals surface area contributed by atoms with Gasteiger partial charge in [0, 0.05) is 45.0 Å². The number of alkyl halides is 1. The zero-order valence-corrected chi connectivity index (χ0v) is 17.1. The van der Waals surface area contributed by atoms with Crippen molar-refractivity contribution in [2.75, 3.05) is 61.4 Å². The number of nitrogens with zero attached hydrogens (tertiary/aromatic N) is 4. The Morgan fingerprint density at radius 1 is 1.10 bits per heavy atom. The van der Waals surface area contributed by atoms with Crippen LogP contribution in [0.4, 0.5) is 21.5 Å². The Morgan fingerprint density at radius 3 is 2.50 bits per heavy atom. The van der Waals surface area contributed by atoms with Gasteiger partial charge in [-0.1, -0.05) is 0 Å². The van der Waals surface area contributed by atoms with Crippen molar-refractivity contribution in [3.05, 3.63) is 41.9 Å². The maximum atomic E-state index is 13.7. The number of hydrogen-bond acceptors (Lipinski definition) is 6. The molecule has 0 radical (unpaired) electrons. The number of nitriles is 1. The number of likely N-dealkylation sites (N-methyl/N-ethyl adjacent to an activating group) is 1. The number of anilines is 3. The SMILES string of the molecule is CN1CCN(c2ccc(NC(=O)c3ccc(C#N)o3)c(N3CCC(F)CC3)c2)CC1. The largest absolute Gasteiger partial charge is 0.440 e. The summed E-state index contributed by atoms with van der Waals surface area (Å²) in [6.07, 6.45) is 0.193. The van der Waals surface area contributed by atoms with Gasteiger partial charge in [0.05, 0.1) is 11.4 Å². The van der Waals surface area contributed by atoms with Crippen LogP contribution >= 0.6 is 0 Å². The Hall–Kier alpha value is -3.05. The summed E-state index contributed by atoms with van der Waals surface area (Å²) in [6, 6.07) is 10.8. The van der Waals surface area contributed by atoms with E-state index in [9.17, 15) is 9.18 Å². The van der Waals surface area contributed by atoms with E-state index >= 15 is 0 Å². The predicted molar refractivity (Wildman–Crippen MR) is 114 cm³/mol. The molecule has 2 aliphatic rings. The van der Waals surface area contributed by atoms with Gasteiger partial charge in [-0.3, -0.25) is 4.79 Å². The molecule has 0 saturated carbocycles. The lowest BCUT2D eigenvalue weighted by Crippen LogP contribution is -2.44. The van der Waals surface area contributed by atoms with E-state index in [1.54, 1.807) is 0 Å². The van der Waals surface area contributed by atoms with Crippen molar-refractivity contribution >= 4 is 23.0 Å². The number of carbonyl (C=O) groups is 1. The van der Waals surface area contributed by atoms with E-state index in [1.165, 1.54) is 12.1 Å². The molecule has 2 aliphatic heterocycles. The maximum Gasteiger partial charge on any atom is 0.291 e. The van der Waals surface area contributed by atoms with Crippen molar-refractivity contribution in [2.24, 2.45) is 0 Å². The Labute approximate surface area is 175 Å². The number of hydrogen-bond donors (Lipinski definition) is 1. The quantitative estimate of drug-likeness (QED) is 0.833. The second-order valence-electron chi connectivity index (χ2n) is 7.88. The van der Waals surface area contributed by atoms with Gasteiger partial charge in [0.2, 0.25) is 5.76 Å². The first kappa shape index (κ1) is 20.2. The first-order valence-corrected chi connectivity index (χ1v) is 10.3. The van der Waals surface area contributed by atoms with Crippen molar-refractivity contribution in [3.63, 3.8) is 0 Å². The first-order valence-electron chi connectivity index (χ1n) is 10.3. The molecule has 1 aromatic carbocycles. The van der Waals surface area contributed by atoms with Crippen LogP contribution in [-0.2, 0) is 0 Å². The summed E-state index contributed by atoms with van der Waals surface area (Å²) in [6.45, 7) is 5.10. The maximum absolute atomic E-state index is 13.7. The number of piperidine rings is 1. The van der Waals surface area contributed by atoms with Crippen LogP contribution in [0, 0.1) is 11.3 Å². The Bertz CT molecular complexity index is 937. The molecule has 0 bridgehead atoms. The number of amides is 1. The smallest absolute Gasteiger partial charge is 0.291 e. The minimum atomic E-state index is -0.771. The molecule has 4 rings (SSSR count). The van der Waals surface area contributed by atoms with Crippen LogP contribution in [0.2, 0.25) is 0 Å². The highest BCUT2D eigenvalue weighted by atomic mass is 19.1. The molecule has 8 heteroatoms. The number of carbonyl (C=O) groups excluding carboxylic acids is 1. The summed E-state index contributed by atoms with van der Waals surface area (Å²) in [4.78, 5) is 19.4. The van der Waals surface area contributed by atoms with E-state index in [1.807, 2.05) is 18.2 Å². The zero-order valence-electron chi connectivity index (χ0n) is 17.1. The number of rotatable bonds is 4. The summed E-state index contributed by atoms with van der Waals surface area (Å²) < 4.78 is 18.9. The number of halogens is 1. The molecule has 3 heterocycles. The van der Waals surface area contributed by atoms with Gasteiger partial charge in [-0.2, -0.15) is 5.26 Å². The first-order chi connectivity index (χ1) is 14.5. The van der Waals surface area contributed by atoms with Crippen LogP contribution < -0.4 is 15.1 Å². The number of piperazine rings is 1. The third kappa shape index (κ3) is 4.41. The molecular weight excluding hydrogens is 385 g/mol.